The second-order valence-electron chi connectivity index (χ2n) is 5.47. The van der Waals surface area contributed by atoms with Crippen LogP contribution in [0.2, 0.25) is 0 Å². The highest BCUT2D eigenvalue weighted by atomic mass is 79.9. The third-order valence-corrected chi connectivity index (χ3v) is 4.78. The van der Waals surface area contributed by atoms with Crippen molar-refractivity contribution < 1.29 is 0 Å². The molecule has 2 heteroatoms. The fourth-order valence-electron chi connectivity index (χ4n) is 3.03. The van der Waals surface area contributed by atoms with E-state index in [4.69, 9.17) is 5.73 Å². The van der Waals surface area contributed by atoms with E-state index in [1.54, 1.807) is 0 Å². The van der Waals surface area contributed by atoms with Crippen LogP contribution in [-0.2, 0) is 0 Å². The molecule has 0 amide bonds. The number of nitrogens with two attached hydrogens (primary N) is 1. The van der Waals surface area contributed by atoms with Crippen LogP contribution >= 0.6 is 15.9 Å². The molecule has 0 aromatic heterocycles. The lowest BCUT2D eigenvalue weighted by molar-refractivity contribution is 0.860. The molecule has 3 aromatic carbocycles. The monoisotopic (exact) mass is 339 g/mol. The predicted octanol–water partition coefficient (Wildman–Crippen LogP) is 5.27. The Morgan fingerprint density at radius 3 is 2.10 bits per heavy atom. The molecule has 0 heterocycles. The Hall–Kier alpha value is -1.64. The van der Waals surface area contributed by atoms with Crippen molar-refractivity contribution in [2.24, 2.45) is 5.73 Å². The first-order chi connectivity index (χ1) is 10.1. The van der Waals surface area contributed by atoms with Gasteiger partial charge in [0, 0.05) is 4.47 Å². The lowest BCUT2D eigenvalue weighted by Gasteiger charge is -2.20. The second kappa shape index (κ2) is 5.63. The number of aryl methyl sites for hydroxylation is 2. The minimum absolute atomic E-state index is 0.107. The van der Waals surface area contributed by atoms with Crippen molar-refractivity contribution >= 4 is 26.7 Å². The minimum Gasteiger partial charge on any atom is -0.320 e. The van der Waals surface area contributed by atoms with Gasteiger partial charge in [-0.15, -0.1) is 0 Å². The molecule has 0 saturated heterocycles. The smallest absolute Gasteiger partial charge is 0.0563 e. The van der Waals surface area contributed by atoms with Crippen LogP contribution < -0.4 is 5.73 Å². The van der Waals surface area contributed by atoms with Gasteiger partial charge in [0.25, 0.3) is 0 Å². The zero-order valence-corrected chi connectivity index (χ0v) is 13.8. The fourth-order valence-corrected chi connectivity index (χ4v) is 3.51. The number of rotatable bonds is 2. The summed E-state index contributed by atoms with van der Waals surface area (Å²) in [6.07, 6.45) is 0. The standard InChI is InChI=1S/C19H18BrN/c1-12-6-5-7-13(2)18(12)19(21)16-10-11-17(20)15-9-4-3-8-14(15)16/h3-11,19H,21H2,1-2H3. The van der Waals surface area contributed by atoms with Crippen molar-refractivity contribution in [3.63, 3.8) is 0 Å². The molecule has 0 fully saturated rings. The topological polar surface area (TPSA) is 26.0 Å². The zero-order chi connectivity index (χ0) is 15.0. The molecule has 3 aromatic rings. The maximum absolute atomic E-state index is 6.62. The van der Waals surface area contributed by atoms with Crippen LogP contribution in [-0.4, -0.2) is 0 Å². The molecule has 1 nitrogen and oxygen atoms in total. The summed E-state index contributed by atoms with van der Waals surface area (Å²) in [5.74, 6) is 0. The van der Waals surface area contributed by atoms with Crippen LogP contribution in [0.5, 0.6) is 0 Å². The van der Waals surface area contributed by atoms with Gasteiger partial charge >= 0.3 is 0 Å². The van der Waals surface area contributed by atoms with Gasteiger partial charge in [-0.2, -0.15) is 0 Å². The summed E-state index contributed by atoms with van der Waals surface area (Å²) in [7, 11) is 0. The quantitative estimate of drug-likeness (QED) is 0.676. The average molecular weight is 340 g/mol. The molecule has 0 bridgehead atoms. The number of hydrogen-bond donors (Lipinski definition) is 1. The van der Waals surface area contributed by atoms with E-state index < -0.39 is 0 Å². The Kier molecular flexibility index (Phi) is 3.83. The Balaban J connectivity index is 2.23. The molecular weight excluding hydrogens is 322 g/mol. The molecule has 1 atom stereocenters. The molecule has 0 aliphatic heterocycles. The molecule has 2 N–H and O–H groups in total. The first-order valence-corrected chi connectivity index (χ1v) is 7.87. The van der Waals surface area contributed by atoms with E-state index >= 15 is 0 Å². The van der Waals surface area contributed by atoms with Gasteiger partial charge in [-0.3, -0.25) is 0 Å². The summed E-state index contributed by atoms with van der Waals surface area (Å²) in [4.78, 5) is 0. The maximum atomic E-state index is 6.62. The lowest BCUT2D eigenvalue weighted by Crippen LogP contribution is -2.15. The molecule has 0 radical (unpaired) electrons. The van der Waals surface area contributed by atoms with Crippen LogP contribution in [0.15, 0.2) is 59.1 Å². The first-order valence-electron chi connectivity index (χ1n) is 7.08. The second-order valence-corrected chi connectivity index (χ2v) is 6.32. The largest absolute Gasteiger partial charge is 0.320 e. The zero-order valence-electron chi connectivity index (χ0n) is 12.2. The molecule has 3 rings (SSSR count). The van der Waals surface area contributed by atoms with Gasteiger partial charge in [-0.1, -0.05) is 64.5 Å². The van der Waals surface area contributed by atoms with Gasteiger partial charge < -0.3 is 5.73 Å². The Morgan fingerprint density at radius 1 is 0.810 bits per heavy atom. The van der Waals surface area contributed by atoms with Crippen molar-refractivity contribution in [1.29, 1.82) is 0 Å². The van der Waals surface area contributed by atoms with E-state index in [0.717, 1.165) is 4.47 Å². The first kappa shape index (κ1) is 14.3. The third-order valence-electron chi connectivity index (χ3n) is 4.09. The van der Waals surface area contributed by atoms with E-state index in [0.29, 0.717) is 0 Å². The molecule has 0 aliphatic rings. The maximum Gasteiger partial charge on any atom is 0.0563 e. The minimum atomic E-state index is -0.107. The Labute approximate surface area is 133 Å². The van der Waals surface area contributed by atoms with E-state index in [1.807, 2.05) is 0 Å². The highest BCUT2D eigenvalue weighted by molar-refractivity contribution is 9.10. The van der Waals surface area contributed by atoms with Crippen LogP contribution in [0, 0.1) is 13.8 Å². The molecule has 0 spiro atoms. The molecule has 0 aliphatic carbocycles. The lowest BCUT2D eigenvalue weighted by atomic mass is 9.89. The highest BCUT2D eigenvalue weighted by Crippen LogP contribution is 2.33. The van der Waals surface area contributed by atoms with Gasteiger partial charge in [-0.25, -0.2) is 0 Å². The predicted molar refractivity (Wildman–Crippen MR) is 93.6 cm³/mol. The van der Waals surface area contributed by atoms with E-state index in [9.17, 15) is 0 Å². The summed E-state index contributed by atoms with van der Waals surface area (Å²) in [6.45, 7) is 4.26. The van der Waals surface area contributed by atoms with Crippen LogP contribution in [0.1, 0.15) is 28.3 Å². The van der Waals surface area contributed by atoms with Crippen LogP contribution in [0.4, 0.5) is 0 Å². The molecular formula is C19H18BrN. The van der Waals surface area contributed by atoms with Crippen molar-refractivity contribution in [3.05, 3.63) is 81.3 Å². The van der Waals surface area contributed by atoms with Crippen molar-refractivity contribution in [3.8, 4) is 0 Å². The SMILES string of the molecule is Cc1cccc(C)c1C(N)c1ccc(Br)c2ccccc12. The summed E-state index contributed by atoms with van der Waals surface area (Å²) >= 11 is 3.62. The van der Waals surface area contributed by atoms with Crippen molar-refractivity contribution in [2.45, 2.75) is 19.9 Å². The fraction of sp³-hybridized carbons (Fsp3) is 0.158. The van der Waals surface area contributed by atoms with Gasteiger partial charge in [0.15, 0.2) is 0 Å². The van der Waals surface area contributed by atoms with Gasteiger partial charge in [0.2, 0.25) is 0 Å². The summed E-state index contributed by atoms with van der Waals surface area (Å²) in [5, 5.41) is 2.42. The number of benzene rings is 3. The normalized spacial score (nSPS) is 12.6. The van der Waals surface area contributed by atoms with Crippen LogP contribution in [0.3, 0.4) is 0 Å². The molecule has 106 valence electrons. The highest BCUT2D eigenvalue weighted by Gasteiger charge is 2.16. The third kappa shape index (κ3) is 2.50. The van der Waals surface area contributed by atoms with Crippen LogP contribution in [0.25, 0.3) is 10.8 Å². The molecule has 1 unspecified atom stereocenters. The van der Waals surface area contributed by atoms with Crippen molar-refractivity contribution in [2.75, 3.05) is 0 Å². The van der Waals surface area contributed by atoms with E-state index in [1.165, 1.54) is 33.0 Å². The molecule has 21 heavy (non-hydrogen) atoms. The van der Waals surface area contributed by atoms with Gasteiger partial charge in [-0.05, 0) is 52.9 Å². The summed E-state index contributed by atoms with van der Waals surface area (Å²) in [5.41, 5.74) is 11.5. The van der Waals surface area contributed by atoms with E-state index in [2.05, 4.69) is 84.4 Å². The molecule has 0 saturated carbocycles. The number of fused-ring (bicyclic) bond motifs is 1. The average Bonchev–Trinajstić information content (AvgIpc) is 2.47. The Bertz CT molecular complexity index is 788. The van der Waals surface area contributed by atoms with E-state index in [-0.39, 0.29) is 6.04 Å². The Morgan fingerprint density at radius 2 is 1.43 bits per heavy atom. The summed E-state index contributed by atoms with van der Waals surface area (Å²) < 4.78 is 1.11. The number of hydrogen-bond acceptors (Lipinski definition) is 1. The number of halogens is 1. The summed E-state index contributed by atoms with van der Waals surface area (Å²) in [6, 6.07) is 18.8. The van der Waals surface area contributed by atoms with Gasteiger partial charge in [0.05, 0.1) is 6.04 Å². The van der Waals surface area contributed by atoms with Crippen molar-refractivity contribution in [1.82, 2.24) is 0 Å². The van der Waals surface area contributed by atoms with Gasteiger partial charge in [0.1, 0.15) is 0 Å².